The molecule has 0 aliphatic carbocycles. The number of esters is 4. The van der Waals surface area contributed by atoms with Crippen LogP contribution in [0.3, 0.4) is 0 Å². The van der Waals surface area contributed by atoms with Crippen LogP contribution in [-0.2, 0) is 65.4 Å². The van der Waals surface area contributed by atoms with Gasteiger partial charge in [0, 0.05) is 25.7 Å². The van der Waals surface area contributed by atoms with Gasteiger partial charge in [-0.1, -0.05) is 311 Å². The Hall–Kier alpha value is -1.94. The summed E-state index contributed by atoms with van der Waals surface area (Å²) in [6.07, 6.45) is 50.8. The molecular weight excluding hydrogens is 1170 g/mol. The van der Waals surface area contributed by atoms with E-state index in [1.54, 1.807) is 0 Å². The fourth-order valence-electron chi connectivity index (χ4n) is 10.6. The standard InChI is InChI=1S/C70H136O17P2/c1-6-9-12-15-17-18-19-20-21-22-23-24-25-26-27-28-29-34-37-41-46-51-56-70(75)87-66(60-81-68(73)54-49-44-40-36-33-31-30-32-35-39-43-47-52-63(4)5)62-85-89(78,79)83-58-64(71)57-82-88(76,77)84-61-65(59-80-67(72)53-48-42-14-11-8-3)86-69(74)55-50-45-38-16-13-10-7-2/h63-66,71H,6-62H2,1-5H3,(H,76,77)(H,78,79)/t64-,65+,66+/m0/s1. The molecule has 0 aromatic rings. The number of aliphatic hydroxyl groups excluding tert-OH is 1. The number of phosphoric ester groups is 2. The minimum atomic E-state index is -4.95. The average Bonchev–Trinajstić information content (AvgIpc) is 3.53. The first-order valence-corrected chi connectivity index (χ1v) is 39.6. The molecule has 0 saturated heterocycles. The Morgan fingerprint density at radius 2 is 0.517 bits per heavy atom. The molecule has 0 rings (SSSR count). The molecule has 89 heavy (non-hydrogen) atoms. The van der Waals surface area contributed by atoms with Crippen LogP contribution in [-0.4, -0.2) is 96.7 Å². The van der Waals surface area contributed by atoms with Gasteiger partial charge in [-0.15, -0.1) is 0 Å². The maximum atomic E-state index is 13.0. The SMILES string of the molecule is CCCCCCCCCCCCCCCCCCCCCCCCC(=O)O[C@H](COC(=O)CCCCCCCCCCCCCCC(C)C)COP(=O)(O)OC[C@@H](O)COP(=O)(O)OC[C@@H](COC(=O)CCCCCCC)OC(=O)CCCCCCCCC. The molecule has 0 heterocycles. The van der Waals surface area contributed by atoms with Gasteiger partial charge in [0.1, 0.15) is 19.3 Å². The van der Waals surface area contributed by atoms with E-state index in [1.807, 2.05) is 0 Å². The molecule has 0 fully saturated rings. The Bertz CT molecular complexity index is 1720. The van der Waals surface area contributed by atoms with Crippen LogP contribution in [0.25, 0.3) is 0 Å². The minimum absolute atomic E-state index is 0.103. The molecule has 17 nitrogen and oxygen atoms in total. The zero-order chi connectivity index (χ0) is 65.6. The van der Waals surface area contributed by atoms with Crippen molar-refractivity contribution in [2.24, 2.45) is 5.92 Å². The zero-order valence-corrected chi connectivity index (χ0v) is 59.4. The lowest BCUT2D eigenvalue weighted by Crippen LogP contribution is -2.30. The summed E-state index contributed by atoms with van der Waals surface area (Å²) < 4.78 is 67.9. The van der Waals surface area contributed by atoms with Crippen molar-refractivity contribution in [1.82, 2.24) is 0 Å². The van der Waals surface area contributed by atoms with Crippen molar-refractivity contribution in [3.8, 4) is 0 Å². The summed E-state index contributed by atoms with van der Waals surface area (Å²) in [6, 6.07) is 0. The second-order valence-electron chi connectivity index (χ2n) is 25.7. The fourth-order valence-corrected chi connectivity index (χ4v) is 12.2. The molecular formula is C70H136O17P2. The van der Waals surface area contributed by atoms with Crippen LogP contribution >= 0.6 is 15.6 Å². The maximum Gasteiger partial charge on any atom is 0.472 e. The van der Waals surface area contributed by atoms with Crippen LogP contribution in [0.4, 0.5) is 0 Å². The number of carbonyl (C=O) groups excluding carboxylic acids is 4. The van der Waals surface area contributed by atoms with Gasteiger partial charge in [-0.25, -0.2) is 9.13 Å². The van der Waals surface area contributed by atoms with E-state index in [-0.39, 0.29) is 25.7 Å². The van der Waals surface area contributed by atoms with Crippen LogP contribution in [0, 0.1) is 5.92 Å². The molecule has 3 N–H and O–H groups in total. The van der Waals surface area contributed by atoms with Crippen LogP contribution in [0.15, 0.2) is 0 Å². The maximum absolute atomic E-state index is 13.0. The van der Waals surface area contributed by atoms with E-state index in [9.17, 15) is 43.2 Å². The van der Waals surface area contributed by atoms with E-state index in [0.29, 0.717) is 25.7 Å². The highest BCUT2D eigenvalue weighted by molar-refractivity contribution is 7.47. The molecule has 0 aromatic carbocycles. The van der Waals surface area contributed by atoms with Crippen molar-refractivity contribution in [3.63, 3.8) is 0 Å². The molecule has 0 aliphatic heterocycles. The lowest BCUT2D eigenvalue weighted by atomic mass is 10.0. The Morgan fingerprint density at radius 1 is 0.303 bits per heavy atom. The molecule has 0 radical (unpaired) electrons. The van der Waals surface area contributed by atoms with E-state index in [2.05, 4.69) is 34.6 Å². The van der Waals surface area contributed by atoms with Gasteiger partial charge in [0.2, 0.25) is 0 Å². The van der Waals surface area contributed by atoms with E-state index < -0.39 is 97.5 Å². The third-order valence-corrected chi connectivity index (χ3v) is 18.2. The van der Waals surface area contributed by atoms with E-state index in [4.69, 9.17) is 37.0 Å². The monoisotopic (exact) mass is 1310 g/mol. The third kappa shape index (κ3) is 64.6. The number of hydrogen-bond donors (Lipinski definition) is 3. The highest BCUT2D eigenvalue weighted by Gasteiger charge is 2.30. The second kappa shape index (κ2) is 63.5. The first-order valence-electron chi connectivity index (χ1n) is 36.6. The van der Waals surface area contributed by atoms with Crippen LogP contribution < -0.4 is 0 Å². The largest absolute Gasteiger partial charge is 0.472 e. The van der Waals surface area contributed by atoms with Crippen molar-refractivity contribution in [1.29, 1.82) is 0 Å². The molecule has 0 aliphatic rings. The number of carbonyl (C=O) groups is 4. The molecule has 5 atom stereocenters. The number of ether oxygens (including phenoxy) is 4. The quantitative estimate of drug-likeness (QED) is 0.0222. The number of phosphoric acid groups is 2. The number of unbranched alkanes of at least 4 members (excludes halogenated alkanes) is 42. The summed E-state index contributed by atoms with van der Waals surface area (Å²) in [7, 11) is -9.88. The third-order valence-electron chi connectivity index (χ3n) is 16.3. The van der Waals surface area contributed by atoms with Crippen molar-refractivity contribution in [3.05, 3.63) is 0 Å². The van der Waals surface area contributed by atoms with Gasteiger partial charge in [0.25, 0.3) is 0 Å². The molecule has 0 spiro atoms. The van der Waals surface area contributed by atoms with Crippen LogP contribution in [0.5, 0.6) is 0 Å². The first kappa shape index (κ1) is 87.1. The van der Waals surface area contributed by atoms with E-state index in [0.717, 1.165) is 115 Å². The van der Waals surface area contributed by atoms with Gasteiger partial charge in [0.15, 0.2) is 12.2 Å². The van der Waals surface area contributed by atoms with Gasteiger partial charge in [-0.05, 0) is 31.6 Å². The summed E-state index contributed by atoms with van der Waals surface area (Å²) in [5.74, 6) is -1.36. The van der Waals surface area contributed by atoms with E-state index >= 15 is 0 Å². The molecule has 0 saturated carbocycles. The molecule has 0 bridgehead atoms. The molecule has 0 amide bonds. The first-order chi connectivity index (χ1) is 43.0. The van der Waals surface area contributed by atoms with Crippen LogP contribution in [0.1, 0.15) is 362 Å². The Labute approximate surface area is 543 Å². The fraction of sp³-hybridized carbons (Fsp3) is 0.943. The Balaban J connectivity index is 5.06. The summed E-state index contributed by atoms with van der Waals surface area (Å²) in [4.78, 5) is 72.0. The van der Waals surface area contributed by atoms with Gasteiger partial charge in [-0.3, -0.25) is 37.3 Å². The highest BCUT2D eigenvalue weighted by atomic mass is 31.2. The van der Waals surface area contributed by atoms with E-state index in [1.165, 1.54) is 167 Å². The van der Waals surface area contributed by atoms with Gasteiger partial charge < -0.3 is 33.8 Å². The highest BCUT2D eigenvalue weighted by Crippen LogP contribution is 2.45. The zero-order valence-electron chi connectivity index (χ0n) is 57.6. The second-order valence-corrected chi connectivity index (χ2v) is 28.7. The van der Waals surface area contributed by atoms with Crippen LogP contribution in [0.2, 0.25) is 0 Å². The topological polar surface area (TPSA) is 237 Å². The summed E-state index contributed by atoms with van der Waals surface area (Å²) in [6.45, 7) is 7.11. The summed E-state index contributed by atoms with van der Waals surface area (Å²) in [5.41, 5.74) is 0. The Morgan fingerprint density at radius 3 is 0.764 bits per heavy atom. The van der Waals surface area contributed by atoms with Crippen molar-refractivity contribution >= 4 is 39.5 Å². The smallest absolute Gasteiger partial charge is 0.462 e. The van der Waals surface area contributed by atoms with Gasteiger partial charge in [0.05, 0.1) is 26.4 Å². The molecule has 0 aromatic heterocycles. The predicted octanol–water partition coefficient (Wildman–Crippen LogP) is 20.1. The summed E-state index contributed by atoms with van der Waals surface area (Å²) in [5, 5.41) is 10.5. The van der Waals surface area contributed by atoms with Crippen molar-refractivity contribution in [2.75, 3.05) is 39.6 Å². The number of hydrogen-bond acceptors (Lipinski definition) is 15. The summed E-state index contributed by atoms with van der Waals surface area (Å²) >= 11 is 0. The normalized spacial score (nSPS) is 14.1. The van der Waals surface area contributed by atoms with Gasteiger partial charge in [-0.2, -0.15) is 0 Å². The lowest BCUT2D eigenvalue weighted by Gasteiger charge is -2.21. The van der Waals surface area contributed by atoms with Crippen molar-refractivity contribution in [2.45, 2.75) is 380 Å². The number of rotatable bonds is 70. The predicted molar refractivity (Wildman–Crippen MR) is 358 cm³/mol. The minimum Gasteiger partial charge on any atom is -0.462 e. The lowest BCUT2D eigenvalue weighted by molar-refractivity contribution is -0.161. The molecule has 19 heteroatoms. The van der Waals surface area contributed by atoms with Crippen molar-refractivity contribution < 1.29 is 80.2 Å². The number of aliphatic hydroxyl groups is 1. The average molecular weight is 1310 g/mol. The Kier molecular flexibility index (Phi) is 62.1. The van der Waals surface area contributed by atoms with Gasteiger partial charge >= 0.3 is 39.5 Å². The molecule has 2 unspecified atom stereocenters. The molecule has 528 valence electrons.